The first kappa shape index (κ1) is 22.4. The lowest BCUT2D eigenvalue weighted by Crippen LogP contribution is -2.13. The van der Waals surface area contributed by atoms with Crippen molar-refractivity contribution in [3.63, 3.8) is 0 Å². The summed E-state index contributed by atoms with van der Waals surface area (Å²) in [6.07, 6.45) is 1.51. The van der Waals surface area contributed by atoms with Crippen molar-refractivity contribution in [2.45, 2.75) is 20.8 Å². The molecule has 1 heterocycles. The standard InChI is InChI=1S/C24H21FN4O3/c1-4-32-29(31)23-11-9-22(10-12-23)28-16(2)13-18(17(28)3)14-19(15-26)24(30)27-21-7-5-20(25)6-8-21/h5-14H,4H2,1-3H3/p+1/b19-14+. The number of halogens is 1. The van der Waals surface area contributed by atoms with Gasteiger partial charge >= 0.3 is 5.69 Å². The molecule has 0 saturated heterocycles. The molecule has 162 valence electrons. The van der Waals surface area contributed by atoms with Crippen molar-refractivity contribution in [2.24, 2.45) is 0 Å². The minimum absolute atomic E-state index is 0.0800. The Kier molecular flexibility index (Phi) is 6.80. The normalized spacial score (nSPS) is 11.0. The fourth-order valence-corrected chi connectivity index (χ4v) is 3.28. The predicted molar refractivity (Wildman–Crippen MR) is 119 cm³/mol. The largest absolute Gasteiger partial charge is 0.321 e. The average Bonchev–Trinajstić information content (AvgIpc) is 3.06. The molecule has 0 radical (unpaired) electrons. The minimum atomic E-state index is -0.584. The number of aromatic nitrogens is 1. The first-order chi connectivity index (χ1) is 15.3. The van der Waals surface area contributed by atoms with Gasteiger partial charge in [0.25, 0.3) is 10.8 Å². The SMILES string of the molecule is CCO[N+](=O)c1ccc(-n2c(C)cc(/C=C(\C#N)C(=O)Nc3ccc(F)cc3)c2C)cc1. The summed E-state index contributed by atoms with van der Waals surface area (Å²) in [5, 5.41) is 12.1. The molecule has 1 aromatic heterocycles. The molecule has 32 heavy (non-hydrogen) atoms. The molecule has 1 N–H and O–H groups in total. The van der Waals surface area contributed by atoms with E-state index in [4.69, 9.17) is 4.84 Å². The Labute approximate surface area is 184 Å². The van der Waals surface area contributed by atoms with E-state index in [1.165, 1.54) is 30.3 Å². The molecule has 3 rings (SSSR count). The number of amides is 1. The van der Waals surface area contributed by atoms with Crippen LogP contribution in [0.4, 0.5) is 15.8 Å². The number of rotatable bonds is 7. The van der Waals surface area contributed by atoms with E-state index >= 15 is 0 Å². The van der Waals surface area contributed by atoms with Crippen molar-refractivity contribution in [3.05, 3.63) is 87.8 Å². The van der Waals surface area contributed by atoms with Gasteiger partial charge in [0.15, 0.2) is 6.61 Å². The molecular weight excluding hydrogens is 411 g/mol. The molecule has 2 aromatic carbocycles. The van der Waals surface area contributed by atoms with Gasteiger partial charge in [0.05, 0.1) is 4.91 Å². The van der Waals surface area contributed by atoms with Crippen molar-refractivity contribution < 1.29 is 18.9 Å². The average molecular weight is 433 g/mol. The van der Waals surface area contributed by atoms with Crippen LogP contribution in [-0.2, 0) is 9.63 Å². The molecule has 0 aliphatic carbocycles. The molecule has 0 aliphatic rings. The van der Waals surface area contributed by atoms with Gasteiger partial charge in [0, 0.05) is 34.9 Å². The maximum absolute atomic E-state index is 13.1. The third-order valence-corrected chi connectivity index (χ3v) is 4.80. The number of carbonyl (C=O) groups excluding carboxylic acids is 1. The molecule has 0 bridgehead atoms. The molecule has 0 spiro atoms. The lowest BCUT2D eigenvalue weighted by molar-refractivity contribution is -0.744. The number of carbonyl (C=O) groups is 1. The Balaban J connectivity index is 1.87. The summed E-state index contributed by atoms with van der Waals surface area (Å²) in [5.41, 5.74) is 3.93. The summed E-state index contributed by atoms with van der Waals surface area (Å²) in [4.78, 5) is 29.7. The molecule has 0 aliphatic heterocycles. The summed E-state index contributed by atoms with van der Waals surface area (Å²) >= 11 is 0. The second-order valence-electron chi connectivity index (χ2n) is 6.98. The Bertz CT molecular complexity index is 1220. The molecule has 8 heteroatoms. The second-order valence-corrected chi connectivity index (χ2v) is 6.98. The van der Waals surface area contributed by atoms with Crippen LogP contribution in [0.3, 0.4) is 0 Å². The number of nitriles is 1. The van der Waals surface area contributed by atoms with E-state index in [0.29, 0.717) is 21.9 Å². The van der Waals surface area contributed by atoms with Gasteiger partial charge < -0.3 is 9.88 Å². The Morgan fingerprint density at radius 1 is 1.19 bits per heavy atom. The molecule has 1 amide bonds. The Morgan fingerprint density at radius 3 is 2.44 bits per heavy atom. The zero-order valence-electron chi connectivity index (χ0n) is 17.9. The highest BCUT2D eigenvalue weighted by Crippen LogP contribution is 2.25. The lowest BCUT2D eigenvalue weighted by atomic mass is 10.1. The van der Waals surface area contributed by atoms with Gasteiger partial charge in [-0.25, -0.2) is 9.23 Å². The van der Waals surface area contributed by atoms with Crippen LogP contribution in [0.25, 0.3) is 11.8 Å². The third-order valence-electron chi connectivity index (χ3n) is 4.80. The molecule has 7 nitrogen and oxygen atoms in total. The van der Waals surface area contributed by atoms with E-state index in [1.807, 2.05) is 30.6 Å². The summed E-state index contributed by atoms with van der Waals surface area (Å²) < 4.78 is 15.0. The number of hydrogen-bond acceptors (Lipinski definition) is 4. The van der Waals surface area contributed by atoms with Gasteiger partial charge in [-0.2, -0.15) is 5.26 Å². The summed E-state index contributed by atoms with van der Waals surface area (Å²) in [5.74, 6) is -1.000. The topological polar surface area (TPSA) is 87.1 Å². The Hall–Kier alpha value is -4.25. The summed E-state index contributed by atoms with van der Waals surface area (Å²) in [6, 6.07) is 16.0. The number of aryl methyl sites for hydroxylation is 1. The minimum Gasteiger partial charge on any atom is -0.321 e. The van der Waals surface area contributed by atoms with Crippen LogP contribution >= 0.6 is 0 Å². The van der Waals surface area contributed by atoms with Gasteiger partial charge in [-0.3, -0.25) is 4.79 Å². The maximum Gasteiger partial charge on any atom is 0.316 e. The summed E-state index contributed by atoms with van der Waals surface area (Å²) in [7, 11) is 0. The zero-order chi connectivity index (χ0) is 23.3. The quantitative estimate of drug-likeness (QED) is 0.317. The number of benzene rings is 2. The highest BCUT2D eigenvalue weighted by Gasteiger charge is 2.17. The molecule has 0 fully saturated rings. The maximum atomic E-state index is 13.1. The molecule has 3 aromatic rings. The highest BCUT2D eigenvalue weighted by atomic mass is 19.1. The lowest BCUT2D eigenvalue weighted by Gasteiger charge is -2.09. The van der Waals surface area contributed by atoms with Crippen LogP contribution in [0, 0.1) is 35.9 Å². The third kappa shape index (κ3) is 4.90. The van der Waals surface area contributed by atoms with E-state index < -0.39 is 11.7 Å². The monoisotopic (exact) mass is 433 g/mol. The summed E-state index contributed by atoms with van der Waals surface area (Å²) in [6.45, 7) is 5.78. The van der Waals surface area contributed by atoms with E-state index in [9.17, 15) is 19.4 Å². The fraction of sp³-hybridized carbons (Fsp3) is 0.167. The van der Waals surface area contributed by atoms with Gasteiger partial charge in [0.2, 0.25) is 0 Å². The molecule has 0 atom stereocenters. The first-order valence-corrected chi connectivity index (χ1v) is 9.92. The van der Waals surface area contributed by atoms with Gasteiger partial charge in [-0.15, -0.1) is 0 Å². The number of anilines is 1. The van der Waals surface area contributed by atoms with Crippen molar-refractivity contribution in [1.82, 2.24) is 4.57 Å². The predicted octanol–water partition coefficient (Wildman–Crippen LogP) is 5.14. The molecular formula is C24H22FN4O3+. The smallest absolute Gasteiger partial charge is 0.316 e. The van der Waals surface area contributed by atoms with Gasteiger partial charge in [-0.1, -0.05) is 0 Å². The van der Waals surface area contributed by atoms with Crippen LogP contribution in [0.15, 0.2) is 60.2 Å². The Morgan fingerprint density at radius 2 is 1.84 bits per heavy atom. The number of hydrogen-bond donors (Lipinski definition) is 1. The molecule has 0 saturated carbocycles. The van der Waals surface area contributed by atoms with Crippen molar-refractivity contribution >= 4 is 23.4 Å². The second kappa shape index (κ2) is 9.71. The van der Waals surface area contributed by atoms with Crippen LogP contribution < -0.4 is 5.32 Å². The van der Waals surface area contributed by atoms with Crippen molar-refractivity contribution in [2.75, 3.05) is 11.9 Å². The van der Waals surface area contributed by atoms with Crippen LogP contribution in [-0.4, -0.2) is 22.0 Å². The van der Waals surface area contributed by atoms with Gasteiger partial charge in [0.1, 0.15) is 17.5 Å². The van der Waals surface area contributed by atoms with Crippen LogP contribution in [0.2, 0.25) is 0 Å². The van der Waals surface area contributed by atoms with E-state index in [2.05, 4.69) is 5.32 Å². The van der Waals surface area contributed by atoms with Crippen LogP contribution in [0.5, 0.6) is 0 Å². The number of nitrogens with one attached hydrogen (secondary N) is 1. The number of nitrogens with zero attached hydrogens (tertiary/aromatic N) is 3. The van der Waals surface area contributed by atoms with Crippen molar-refractivity contribution in [3.8, 4) is 11.8 Å². The highest BCUT2D eigenvalue weighted by molar-refractivity contribution is 6.09. The first-order valence-electron chi connectivity index (χ1n) is 9.92. The molecule has 0 unspecified atom stereocenters. The zero-order valence-corrected chi connectivity index (χ0v) is 17.9. The van der Waals surface area contributed by atoms with Gasteiger partial charge in [-0.05, 0) is 74.9 Å². The van der Waals surface area contributed by atoms with Crippen molar-refractivity contribution in [1.29, 1.82) is 5.26 Å². The fourth-order valence-electron chi connectivity index (χ4n) is 3.28. The van der Waals surface area contributed by atoms with E-state index in [0.717, 1.165) is 17.1 Å². The van der Waals surface area contributed by atoms with E-state index in [-0.39, 0.29) is 12.2 Å². The van der Waals surface area contributed by atoms with E-state index in [1.54, 1.807) is 31.2 Å². The van der Waals surface area contributed by atoms with Crippen LogP contribution in [0.1, 0.15) is 23.9 Å².